The molecule has 1 aromatic rings. The molecule has 2 amide bonds. The zero-order valence-corrected chi connectivity index (χ0v) is 14.9. The van der Waals surface area contributed by atoms with Crippen LogP contribution in [0.3, 0.4) is 0 Å². The average Bonchev–Trinajstić information content (AvgIpc) is 2.63. The Morgan fingerprint density at radius 3 is 2.52 bits per heavy atom. The standard InChI is InChI=1S/C17H25ClN4O3/c18-13-1-3-15(4-2-13)25-10-9-22-7-5-14(6-8-22)21-17(24)12-20-16(23)11-19/h1-4,14H,5-12,19H2,(H,20,23)(H,21,24). The zero-order valence-electron chi connectivity index (χ0n) is 14.2. The summed E-state index contributed by atoms with van der Waals surface area (Å²) in [6, 6.07) is 7.47. The van der Waals surface area contributed by atoms with Crippen LogP contribution in [-0.2, 0) is 9.59 Å². The van der Waals surface area contributed by atoms with Crippen molar-refractivity contribution in [2.45, 2.75) is 18.9 Å². The Labute approximate surface area is 152 Å². The monoisotopic (exact) mass is 368 g/mol. The van der Waals surface area contributed by atoms with Gasteiger partial charge in [-0.3, -0.25) is 14.5 Å². The molecule has 0 aromatic heterocycles. The predicted octanol–water partition coefficient (Wildman–Crippen LogP) is 0.374. The molecule has 1 heterocycles. The summed E-state index contributed by atoms with van der Waals surface area (Å²) in [4.78, 5) is 25.1. The molecule has 0 unspecified atom stereocenters. The molecule has 0 aliphatic carbocycles. The van der Waals surface area contributed by atoms with Gasteiger partial charge >= 0.3 is 0 Å². The van der Waals surface area contributed by atoms with Crippen molar-refractivity contribution >= 4 is 23.4 Å². The normalized spacial score (nSPS) is 15.6. The molecule has 1 fully saturated rings. The number of hydrogen-bond donors (Lipinski definition) is 3. The van der Waals surface area contributed by atoms with E-state index in [1.165, 1.54) is 0 Å². The van der Waals surface area contributed by atoms with Crippen LogP contribution in [0.4, 0.5) is 0 Å². The number of ether oxygens (including phenoxy) is 1. The third-order valence-corrected chi connectivity index (χ3v) is 4.33. The van der Waals surface area contributed by atoms with E-state index in [2.05, 4.69) is 15.5 Å². The first kappa shape index (κ1) is 19.5. The molecule has 1 aliphatic heterocycles. The highest BCUT2D eigenvalue weighted by Gasteiger charge is 2.20. The maximum atomic E-state index is 11.8. The first-order chi connectivity index (χ1) is 12.1. The number of nitrogens with one attached hydrogen (secondary N) is 2. The molecule has 0 radical (unpaired) electrons. The number of likely N-dealkylation sites (tertiary alicyclic amines) is 1. The van der Waals surface area contributed by atoms with E-state index in [1.807, 2.05) is 12.1 Å². The molecule has 4 N–H and O–H groups in total. The van der Waals surface area contributed by atoms with Crippen LogP contribution in [0.2, 0.25) is 5.02 Å². The minimum Gasteiger partial charge on any atom is -0.492 e. The Morgan fingerprint density at radius 1 is 1.20 bits per heavy atom. The van der Waals surface area contributed by atoms with Gasteiger partial charge in [0.05, 0.1) is 13.1 Å². The zero-order chi connectivity index (χ0) is 18.1. The van der Waals surface area contributed by atoms with Crippen LogP contribution in [0.1, 0.15) is 12.8 Å². The highest BCUT2D eigenvalue weighted by Crippen LogP contribution is 2.16. The van der Waals surface area contributed by atoms with Gasteiger partial charge < -0.3 is 21.1 Å². The summed E-state index contributed by atoms with van der Waals surface area (Å²) in [6.45, 7) is 3.14. The summed E-state index contributed by atoms with van der Waals surface area (Å²) in [6.07, 6.45) is 1.77. The van der Waals surface area contributed by atoms with Crippen molar-refractivity contribution in [3.63, 3.8) is 0 Å². The fraction of sp³-hybridized carbons (Fsp3) is 0.529. The van der Waals surface area contributed by atoms with Gasteiger partial charge in [-0.15, -0.1) is 0 Å². The molecule has 0 spiro atoms. The smallest absolute Gasteiger partial charge is 0.239 e. The lowest BCUT2D eigenvalue weighted by Gasteiger charge is -2.32. The number of nitrogens with zero attached hydrogens (tertiary/aromatic N) is 1. The van der Waals surface area contributed by atoms with Crippen LogP contribution < -0.4 is 21.1 Å². The highest BCUT2D eigenvalue weighted by atomic mass is 35.5. The molecule has 0 saturated carbocycles. The van der Waals surface area contributed by atoms with Gasteiger partial charge in [-0.25, -0.2) is 0 Å². The third kappa shape index (κ3) is 7.29. The first-order valence-corrected chi connectivity index (χ1v) is 8.81. The van der Waals surface area contributed by atoms with E-state index >= 15 is 0 Å². The van der Waals surface area contributed by atoms with Crippen molar-refractivity contribution in [3.8, 4) is 5.75 Å². The van der Waals surface area contributed by atoms with Crippen molar-refractivity contribution in [3.05, 3.63) is 29.3 Å². The van der Waals surface area contributed by atoms with Crippen LogP contribution in [0, 0.1) is 0 Å². The Balaban J connectivity index is 1.58. The number of benzene rings is 1. The van der Waals surface area contributed by atoms with Gasteiger partial charge in [0.2, 0.25) is 11.8 Å². The molecule has 8 heteroatoms. The second-order valence-electron chi connectivity index (χ2n) is 5.97. The van der Waals surface area contributed by atoms with Crippen molar-refractivity contribution < 1.29 is 14.3 Å². The van der Waals surface area contributed by atoms with E-state index in [1.54, 1.807) is 12.1 Å². The SMILES string of the molecule is NCC(=O)NCC(=O)NC1CCN(CCOc2ccc(Cl)cc2)CC1. The number of carbonyl (C=O) groups excluding carboxylic acids is 2. The summed E-state index contributed by atoms with van der Waals surface area (Å²) in [5, 5.41) is 6.10. The Hall–Kier alpha value is -1.83. The maximum Gasteiger partial charge on any atom is 0.239 e. The summed E-state index contributed by atoms with van der Waals surface area (Å²) in [7, 11) is 0. The quantitative estimate of drug-likeness (QED) is 0.616. The molecule has 1 aliphatic rings. The Kier molecular flexibility index (Phi) is 7.97. The molecular weight excluding hydrogens is 344 g/mol. The van der Waals surface area contributed by atoms with Crippen LogP contribution in [0.25, 0.3) is 0 Å². The molecule has 0 atom stereocenters. The molecular formula is C17H25ClN4O3. The Bertz CT molecular complexity index is 560. The lowest BCUT2D eigenvalue weighted by atomic mass is 10.1. The van der Waals surface area contributed by atoms with Crippen molar-refractivity contribution in [1.82, 2.24) is 15.5 Å². The molecule has 138 valence electrons. The van der Waals surface area contributed by atoms with Gasteiger partial charge in [-0.05, 0) is 37.1 Å². The minimum absolute atomic E-state index is 0.0226. The maximum absolute atomic E-state index is 11.8. The van der Waals surface area contributed by atoms with E-state index in [9.17, 15) is 9.59 Å². The minimum atomic E-state index is -0.328. The molecule has 25 heavy (non-hydrogen) atoms. The van der Waals surface area contributed by atoms with E-state index in [4.69, 9.17) is 22.1 Å². The predicted molar refractivity (Wildman–Crippen MR) is 96.6 cm³/mol. The van der Waals surface area contributed by atoms with Gasteiger partial charge in [-0.2, -0.15) is 0 Å². The van der Waals surface area contributed by atoms with E-state index in [-0.39, 0.29) is 30.9 Å². The van der Waals surface area contributed by atoms with Crippen molar-refractivity contribution in [1.29, 1.82) is 0 Å². The lowest BCUT2D eigenvalue weighted by molar-refractivity contribution is -0.125. The molecule has 1 aromatic carbocycles. The highest BCUT2D eigenvalue weighted by molar-refractivity contribution is 6.30. The average molecular weight is 369 g/mol. The van der Waals surface area contributed by atoms with Crippen LogP contribution in [0.5, 0.6) is 5.75 Å². The van der Waals surface area contributed by atoms with Crippen LogP contribution in [0.15, 0.2) is 24.3 Å². The number of nitrogens with two attached hydrogens (primary N) is 1. The summed E-state index contributed by atoms with van der Waals surface area (Å²) < 4.78 is 5.70. The number of halogens is 1. The largest absolute Gasteiger partial charge is 0.492 e. The second kappa shape index (κ2) is 10.2. The lowest BCUT2D eigenvalue weighted by Crippen LogP contribution is -2.48. The second-order valence-corrected chi connectivity index (χ2v) is 6.40. The van der Waals surface area contributed by atoms with Crippen molar-refractivity contribution in [2.24, 2.45) is 5.73 Å². The summed E-state index contributed by atoms with van der Waals surface area (Å²) >= 11 is 5.84. The number of piperidine rings is 1. The first-order valence-electron chi connectivity index (χ1n) is 8.43. The summed E-state index contributed by atoms with van der Waals surface area (Å²) in [5.41, 5.74) is 5.18. The number of amides is 2. The van der Waals surface area contributed by atoms with E-state index in [0.29, 0.717) is 11.6 Å². The van der Waals surface area contributed by atoms with Gasteiger partial charge in [-0.1, -0.05) is 11.6 Å². The van der Waals surface area contributed by atoms with Crippen LogP contribution in [-0.4, -0.2) is 62.1 Å². The van der Waals surface area contributed by atoms with Crippen LogP contribution >= 0.6 is 11.6 Å². The van der Waals surface area contributed by atoms with Gasteiger partial charge in [0.15, 0.2) is 0 Å². The van der Waals surface area contributed by atoms with E-state index in [0.717, 1.165) is 38.2 Å². The fourth-order valence-corrected chi connectivity index (χ4v) is 2.78. The molecule has 1 saturated heterocycles. The number of carbonyl (C=O) groups is 2. The van der Waals surface area contributed by atoms with Crippen molar-refractivity contribution in [2.75, 3.05) is 39.3 Å². The molecule has 2 rings (SSSR count). The van der Waals surface area contributed by atoms with E-state index < -0.39 is 0 Å². The Morgan fingerprint density at radius 2 is 1.88 bits per heavy atom. The number of hydrogen-bond acceptors (Lipinski definition) is 5. The summed E-state index contributed by atoms with van der Waals surface area (Å²) in [5.74, 6) is 0.308. The van der Waals surface area contributed by atoms with Gasteiger partial charge in [0, 0.05) is 30.7 Å². The fourth-order valence-electron chi connectivity index (χ4n) is 2.65. The third-order valence-electron chi connectivity index (χ3n) is 4.07. The topological polar surface area (TPSA) is 96.7 Å². The van der Waals surface area contributed by atoms with Gasteiger partial charge in [0.25, 0.3) is 0 Å². The number of rotatable bonds is 8. The van der Waals surface area contributed by atoms with Gasteiger partial charge in [0.1, 0.15) is 12.4 Å². The molecule has 0 bridgehead atoms. The molecule has 7 nitrogen and oxygen atoms in total.